The Bertz CT molecular complexity index is 898. The third kappa shape index (κ3) is 1.87. The third-order valence-electron chi connectivity index (χ3n) is 6.40. The van der Waals surface area contributed by atoms with E-state index >= 15 is 0 Å². The molecule has 3 aromatic rings. The number of rotatable bonds is 1. The maximum Gasteiger partial charge on any atom is 0.135 e. The van der Waals surface area contributed by atoms with Gasteiger partial charge in [0.25, 0.3) is 0 Å². The zero-order chi connectivity index (χ0) is 15.7. The van der Waals surface area contributed by atoms with Crippen LogP contribution in [-0.2, 0) is 0 Å². The van der Waals surface area contributed by atoms with Crippen LogP contribution in [0, 0.1) is 5.41 Å². The lowest BCUT2D eigenvalue weighted by Gasteiger charge is -2.58. The summed E-state index contributed by atoms with van der Waals surface area (Å²) < 4.78 is 5.98. The van der Waals surface area contributed by atoms with Gasteiger partial charge >= 0.3 is 0 Å². The average molecular weight is 305 g/mol. The van der Waals surface area contributed by atoms with Crippen molar-refractivity contribution < 1.29 is 4.42 Å². The molecule has 3 fully saturated rings. The van der Waals surface area contributed by atoms with Crippen molar-refractivity contribution in [3.8, 4) is 0 Å². The highest BCUT2D eigenvalue weighted by molar-refractivity contribution is 6.06. The van der Waals surface area contributed by atoms with Crippen LogP contribution in [0.2, 0.25) is 0 Å². The SMILES string of the molecule is CC12CCC(C)(CC1)N(c1ccc3oc4ccccc4c3c1)C2. The highest BCUT2D eigenvalue weighted by Crippen LogP contribution is 2.51. The normalized spacial score (nSPS) is 30.4. The maximum atomic E-state index is 5.98. The Hall–Kier alpha value is -1.96. The third-order valence-corrected chi connectivity index (χ3v) is 6.40. The first-order chi connectivity index (χ1) is 11.1. The molecule has 0 amide bonds. The van der Waals surface area contributed by atoms with E-state index in [1.807, 2.05) is 6.07 Å². The standard InChI is InChI=1S/C21H23NO/c1-20-9-11-21(2,12-10-20)22(14-20)15-7-8-19-17(13-15)16-5-3-4-6-18(16)23-19/h3-8,13H,9-12,14H2,1-2H3. The van der Waals surface area contributed by atoms with Gasteiger partial charge in [0.2, 0.25) is 0 Å². The zero-order valence-corrected chi connectivity index (χ0v) is 13.9. The molecule has 1 aromatic heterocycles. The van der Waals surface area contributed by atoms with E-state index in [0.717, 1.165) is 11.2 Å². The van der Waals surface area contributed by atoms with Crippen molar-refractivity contribution >= 4 is 27.6 Å². The quantitative estimate of drug-likeness (QED) is 0.569. The Morgan fingerprint density at radius 2 is 1.61 bits per heavy atom. The lowest BCUT2D eigenvalue weighted by atomic mass is 9.63. The van der Waals surface area contributed by atoms with Gasteiger partial charge in [-0.2, -0.15) is 0 Å². The molecule has 0 atom stereocenters. The van der Waals surface area contributed by atoms with Gasteiger partial charge in [0.1, 0.15) is 11.2 Å². The second-order valence-corrected chi connectivity index (χ2v) is 8.17. The molecule has 2 saturated heterocycles. The Kier molecular flexibility index (Phi) is 2.53. The molecule has 118 valence electrons. The molecule has 0 unspecified atom stereocenters. The second kappa shape index (κ2) is 4.31. The lowest BCUT2D eigenvalue weighted by Crippen LogP contribution is -2.60. The van der Waals surface area contributed by atoms with Gasteiger partial charge < -0.3 is 9.32 Å². The van der Waals surface area contributed by atoms with Crippen LogP contribution in [0.1, 0.15) is 39.5 Å². The zero-order valence-electron chi connectivity index (χ0n) is 13.9. The van der Waals surface area contributed by atoms with E-state index in [1.54, 1.807) is 0 Å². The van der Waals surface area contributed by atoms with E-state index in [4.69, 9.17) is 4.42 Å². The average Bonchev–Trinajstić information content (AvgIpc) is 2.94. The molecule has 0 N–H and O–H groups in total. The first-order valence-electron chi connectivity index (χ1n) is 8.75. The largest absolute Gasteiger partial charge is 0.456 e. The Morgan fingerprint density at radius 1 is 0.870 bits per heavy atom. The van der Waals surface area contributed by atoms with E-state index in [2.05, 4.69) is 55.1 Å². The van der Waals surface area contributed by atoms with E-state index in [0.29, 0.717) is 11.0 Å². The second-order valence-electron chi connectivity index (χ2n) is 8.17. The van der Waals surface area contributed by atoms with E-state index in [-0.39, 0.29) is 0 Å². The van der Waals surface area contributed by atoms with Crippen molar-refractivity contribution in [2.45, 2.75) is 45.1 Å². The fourth-order valence-corrected chi connectivity index (χ4v) is 4.68. The predicted octanol–water partition coefficient (Wildman–Crippen LogP) is 5.75. The number of hydrogen-bond acceptors (Lipinski definition) is 2. The first-order valence-corrected chi connectivity index (χ1v) is 8.75. The molecule has 0 radical (unpaired) electrons. The highest BCUT2D eigenvalue weighted by Gasteiger charge is 2.48. The number of nitrogens with zero attached hydrogens (tertiary/aromatic N) is 1. The summed E-state index contributed by atoms with van der Waals surface area (Å²) in [7, 11) is 0. The Labute approximate surface area is 137 Å². The maximum absolute atomic E-state index is 5.98. The van der Waals surface area contributed by atoms with E-state index in [9.17, 15) is 0 Å². The molecule has 1 saturated carbocycles. The van der Waals surface area contributed by atoms with Gasteiger partial charge in [0, 0.05) is 28.5 Å². The van der Waals surface area contributed by atoms with Crippen molar-refractivity contribution in [2.24, 2.45) is 5.41 Å². The molecule has 3 heterocycles. The Balaban J connectivity index is 1.67. The van der Waals surface area contributed by atoms with Gasteiger partial charge in [-0.05, 0) is 62.3 Å². The molecule has 2 aliphatic heterocycles. The van der Waals surface area contributed by atoms with Crippen molar-refractivity contribution in [1.29, 1.82) is 0 Å². The summed E-state index contributed by atoms with van der Waals surface area (Å²) >= 11 is 0. The summed E-state index contributed by atoms with van der Waals surface area (Å²) in [6.45, 7) is 6.10. The predicted molar refractivity (Wildman–Crippen MR) is 96.0 cm³/mol. The molecule has 2 heteroatoms. The molecular weight excluding hydrogens is 282 g/mol. The van der Waals surface area contributed by atoms with Gasteiger partial charge in [-0.1, -0.05) is 25.1 Å². The molecule has 2 bridgehead atoms. The van der Waals surface area contributed by atoms with Crippen molar-refractivity contribution in [2.75, 3.05) is 11.4 Å². The summed E-state index contributed by atoms with van der Waals surface area (Å²) in [4.78, 5) is 2.67. The van der Waals surface area contributed by atoms with Gasteiger partial charge in [0.15, 0.2) is 0 Å². The molecule has 2 nitrogen and oxygen atoms in total. The van der Waals surface area contributed by atoms with Crippen LogP contribution in [0.3, 0.4) is 0 Å². The first kappa shape index (κ1) is 13.5. The summed E-state index contributed by atoms with van der Waals surface area (Å²) in [5, 5.41) is 2.47. The monoisotopic (exact) mass is 305 g/mol. The number of piperidine rings is 2. The molecule has 2 aromatic carbocycles. The number of fused-ring (bicyclic) bond motifs is 6. The Morgan fingerprint density at radius 3 is 2.43 bits per heavy atom. The number of anilines is 1. The summed E-state index contributed by atoms with van der Waals surface area (Å²) in [5.41, 5.74) is 4.15. The number of para-hydroxylation sites is 1. The lowest BCUT2D eigenvalue weighted by molar-refractivity contribution is 0.0929. The number of hydrogen-bond donors (Lipinski definition) is 0. The molecule has 1 aliphatic carbocycles. The molecule has 0 spiro atoms. The minimum absolute atomic E-state index is 0.324. The fourth-order valence-electron chi connectivity index (χ4n) is 4.68. The van der Waals surface area contributed by atoms with Crippen LogP contribution in [0.4, 0.5) is 5.69 Å². The molecule has 6 rings (SSSR count). The van der Waals surface area contributed by atoms with Gasteiger partial charge in [0.05, 0.1) is 0 Å². The number of furan rings is 1. The summed E-state index contributed by atoms with van der Waals surface area (Å²) in [6.07, 6.45) is 5.37. The highest BCUT2D eigenvalue weighted by atomic mass is 16.3. The van der Waals surface area contributed by atoms with Gasteiger partial charge in [-0.3, -0.25) is 0 Å². The molecular formula is C21H23NO. The van der Waals surface area contributed by atoms with E-state index < -0.39 is 0 Å². The minimum atomic E-state index is 0.324. The van der Waals surface area contributed by atoms with Crippen LogP contribution in [-0.4, -0.2) is 12.1 Å². The van der Waals surface area contributed by atoms with Crippen LogP contribution in [0.5, 0.6) is 0 Å². The van der Waals surface area contributed by atoms with E-state index in [1.165, 1.54) is 48.7 Å². The minimum Gasteiger partial charge on any atom is -0.456 e. The number of benzene rings is 2. The molecule has 3 aliphatic rings. The smallest absolute Gasteiger partial charge is 0.135 e. The van der Waals surface area contributed by atoms with Crippen LogP contribution in [0.25, 0.3) is 21.9 Å². The molecule has 23 heavy (non-hydrogen) atoms. The van der Waals surface area contributed by atoms with Gasteiger partial charge in [-0.25, -0.2) is 0 Å². The topological polar surface area (TPSA) is 16.4 Å². The fraction of sp³-hybridized carbons (Fsp3) is 0.429. The van der Waals surface area contributed by atoms with Gasteiger partial charge in [-0.15, -0.1) is 0 Å². The summed E-state index contributed by atoms with van der Waals surface area (Å²) in [6, 6.07) is 15.1. The van der Waals surface area contributed by atoms with Crippen LogP contribution >= 0.6 is 0 Å². The van der Waals surface area contributed by atoms with Crippen LogP contribution in [0.15, 0.2) is 46.9 Å². The van der Waals surface area contributed by atoms with Crippen molar-refractivity contribution in [1.82, 2.24) is 0 Å². The van der Waals surface area contributed by atoms with Crippen LogP contribution < -0.4 is 4.90 Å². The van der Waals surface area contributed by atoms with Crippen molar-refractivity contribution in [3.63, 3.8) is 0 Å². The van der Waals surface area contributed by atoms with Crippen molar-refractivity contribution in [3.05, 3.63) is 42.5 Å². The summed E-state index contributed by atoms with van der Waals surface area (Å²) in [5.74, 6) is 0.